The van der Waals surface area contributed by atoms with E-state index in [0.29, 0.717) is 18.8 Å². The van der Waals surface area contributed by atoms with Gasteiger partial charge in [0.2, 0.25) is 10.0 Å². The highest BCUT2D eigenvalue weighted by atomic mass is 32.2. The molecule has 1 unspecified atom stereocenters. The molecule has 3 aliphatic heterocycles. The Kier molecular flexibility index (Phi) is 5.28. The average Bonchev–Trinajstić information content (AvgIpc) is 3.15. The van der Waals surface area contributed by atoms with Crippen LogP contribution in [0.4, 0.5) is 0 Å². The van der Waals surface area contributed by atoms with Gasteiger partial charge in [0.15, 0.2) is 0 Å². The van der Waals surface area contributed by atoms with Crippen LogP contribution in [0.3, 0.4) is 0 Å². The van der Waals surface area contributed by atoms with E-state index in [2.05, 4.69) is 21.3 Å². The molecule has 0 spiro atoms. The maximum absolute atomic E-state index is 12.8. The number of amidine groups is 1. The van der Waals surface area contributed by atoms with Gasteiger partial charge in [0.1, 0.15) is 5.84 Å². The first-order valence-electron chi connectivity index (χ1n) is 10.2. The number of nitrogens with two attached hydrogens (primary N) is 2. The van der Waals surface area contributed by atoms with Crippen molar-refractivity contribution >= 4 is 15.9 Å². The summed E-state index contributed by atoms with van der Waals surface area (Å²) in [5.74, 6) is 1.49. The van der Waals surface area contributed by atoms with Crippen molar-refractivity contribution in [1.29, 1.82) is 0 Å². The Bertz CT molecular complexity index is 804. The van der Waals surface area contributed by atoms with Gasteiger partial charge in [0.05, 0.1) is 23.2 Å². The number of likely N-dealkylation sites (N-methyl/N-ethyl adjacent to an activating group) is 1. The highest BCUT2D eigenvalue weighted by Gasteiger charge is 2.47. The summed E-state index contributed by atoms with van der Waals surface area (Å²) in [7, 11) is -1.16. The standard InChI is InChI=1S/C19H32N6O2S/c1-24-8-10-25(11-9-24)28(26,27)13-14-2-4-15(5-3-14)19(21)16-6-7-22-18(16)23-12-17(19)20/h6,12,14-15H,2-5,7-11,13,20-21H2,1H3,(H,22,23). The largest absolute Gasteiger partial charge is 0.399 e. The van der Waals surface area contributed by atoms with E-state index < -0.39 is 15.6 Å². The summed E-state index contributed by atoms with van der Waals surface area (Å²) < 4.78 is 27.3. The van der Waals surface area contributed by atoms with Crippen molar-refractivity contribution < 1.29 is 8.42 Å². The molecule has 0 bridgehead atoms. The maximum atomic E-state index is 12.8. The maximum Gasteiger partial charge on any atom is 0.214 e. The van der Waals surface area contributed by atoms with Crippen molar-refractivity contribution in [2.45, 2.75) is 31.2 Å². The van der Waals surface area contributed by atoms with Crippen molar-refractivity contribution in [3.05, 3.63) is 23.5 Å². The Morgan fingerprint density at radius 3 is 2.57 bits per heavy atom. The molecule has 1 aliphatic carbocycles. The first-order valence-corrected chi connectivity index (χ1v) is 11.9. The van der Waals surface area contributed by atoms with Crippen molar-refractivity contribution in [3.63, 3.8) is 0 Å². The Hall–Kier alpha value is -1.42. The topological polar surface area (TPSA) is 117 Å². The molecular formula is C19H32N6O2S. The minimum Gasteiger partial charge on any atom is -0.399 e. The van der Waals surface area contributed by atoms with Gasteiger partial charge in [-0.1, -0.05) is 6.08 Å². The van der Waals surface area contributed by atoms with Gasteiger partial charge in [-0.05, 0) is 44.6 Å². The first kappa shape index (κ1) is 19.9. The van der Waals surface area contributed by atoms with Crippen LogP contribution >= 0.6 is 0 Å². The second-order valence-electron chi connectivity index (χ2n) is 8.63. The van der Waals surface area contributed by atoms with E-state index >= 15 is 0 Å². The number of sulfonamides is 1. The second kappa shape index (κ2) is 7.44. The molecule has 1 atom stereocenters. The molecule has 1 saturated heterocycles. The number of piperazine rings is 1. The Balaban J connectivity index is 1.38. The van der Waals surface area contributed by atoms with Gasteiger partial charge in [0.25, 0.3) is 0 Å². The number of fused-ring (bicyclic) bond motifs is 1. The number of nitrogens with zero attached hydrogens (tertiary/aromatic N) is 3. The number of hydrogen-bond donors (Lipinski definition) is 3. The highest BCUT2D eigenvalue weighted by Crippen LogP contribution is 2.42. The fourth-order valence-corrected chi connectivity index (χ4v) is 6.89. The van der Waals surface area contributed by atoms with Gasteiger partial charge >= 0.3 is 0 Å². The molecule has 0 aromatic carbocycles. The minimum absolute atomic E-state index is 0.196. The molecule has 4 rings (SSSR count). The summed E-state index contributed by atoms with van der Waals surface area (Å²) in [4.78, 5) is 6.54. The molecule has 156 valence electrons. The van der Waals surface area contributed by atoms with Crippen LogP contribution in [0.1, 0.15) is 25.7 Å². The molecule has 4 aliphatic rings. The number of rotatable bonds is 4. The summed E-state index contributed by atoms with van der Waals surface area (Å²) in [6, 6.07) is 0. The van der Waals surface area contributed by atoms with E-state index in [9.17, 15) is 8.42 Å². The quantitative estimate of drug-likeness (QED) is 0.594. The van der Waals surface area contributed by atoms with Gasteiger partial charge in [0, 0.05) is 38.3 Å². The van der Waals surface area contributed by atoms with E-state index in [4.69, 9.17) is 11.5 Å². The van der Waals surface area contributed by atoms with Gasteiger partial charge < -0.3 is 21.7 Å². The van der Waals surface area contributed by atoms with E-state index in [0.717, 1.165) is 56.7 Å². The zero-order valence-electron chi connectivity index (χ0n) is 16.6. The van der Waals surface area contributed by atoms with Crippen LogP contribution in [0.2, 0.25) is 0 Å². The molecule has 2 fully saturated rings. The van der Waals surface area contributed by atoms with Crippen LogP contribution in [0.5, 0.6) is 0 Å². The molecule has 1 saturated carbocycles. The third-order valence-electron chi connectivity index (χ3n) is 6.88. The number of aliphatic imine (C=N–C) groups is 1. The molecule has 9 heteroatoms. The van der Waals surface area contributed by atoms with Crippen molar-refractivity contribution in [2.24, 2.45) is 28.3 Å². The molecule has 5 N–H and O–H groups in total. The highest BCUT2D eigenvalue weighted by molar-refractivity contribution is 7.89. The van der Waals surface area contributed by atoms with E-state index in [-0.39, 0.29) is 17.6 Å². The summed E-state index contributed by atoms with van der Waals surface area (Å²) in [5.41, 5.74) is 14.1. The normalized spacial score (nSPS) is 34.9. The molecule has 8 nitrogen and oxygen atoms in total. The summed E-state index contributed by atoms with van der Waals surface area (Å²) >= 11 is 0. The lowest BCUT2D eigenvalue weighted by atomic mass is 9.67. The van der Waals surface area contributed by atoms with Gasteiger partial charge in [-0.3, -0.25) is 0 Å². The zero-order valence-corrected chi connectivity index (χ0v) is 17.4. The lowest BCUT2D eigenvalue weighted by Crippen LogP contribution is -2.57. The number of nitrogens with one attached hydrogen (secondary N) is 1. The van der Waals surface area contributed by atoms with E-state index in [1.54, 1.807) is 10.5 Å². The van der Waals surface area contributed by atoms with E-state index in [1.165, 1.54) is 0 Å². The summed E-state index contributed by atoms with van der Waals surface area (Å²) in [6.45, 7) is 3.54. The van der Waals surface area contributed by atoms with Crippen molar-refractivity contribution in [3.8, 4) is 0 Å². The monoisotopic (exact) mass is 408 g/mol. The SMILES string of the molecule is CN1CCN(S(=O)(=O)CC2CCC(C3(N)C(N)=CN=C4NCC=C43)CC2)CC1. The molecule has 3 heterocycles. The minimum atomic E-state index is -3.19. The molecule has 0 radical (unpaired) electrons. The molecule has 0 aromatic heterocycles. The van der Waals surface area contributed by atoms with Crippen molar-refractivity contribution in [2.75, 3.05) is 45.5 Å². The van der Waals surface area contributed by atoms with Crippen molar-refractivity contribution in [1.82, 2.24) is 14.5 Å². The lowest BCUT2D eigenvalue weighted by molar-refractivity contribution is 0.213. The van der Waals surface area contributed by atoms with Crippen LogP contribution in [0, 0.1) is 11.8 Å². The fraction of sp³-hybridized carbons (Fsp3) is 0.737. The van der Waals surface area contributed by atoms with Crippen LogP contribution in [0.15, 0.2) is 28.5 Å². The Labute approximate surface area is 167 Å². The Morgan fingerprint density at radius 2 is 1.89 bits per heavy atom. The predicted molar refractivity (Wildman–Crippen MR) is 111 cm³/mol. The molecule has 28 heavy (non-hydrogen) atoms. The fourth-order valence-electron chi connectivity index (χ4n) is 5.03. The van der Waals surface area contributed by atoms with Crippen LogP contribution in [-0.4, -0.2) is 74.5 Å². The van der Waals surface area contributed by atoms with Gasteiger partial charge in [-0.2, -0.15) is 4.31 Å². The predicted octanol–water partition coefficient (Wildman–Crippen LogP) is -0.191. The lowest BCUT2D eigenvalue weighted by Gasteiger charge is -2.43. The van der Waals surface area contributed by atoms with E-state index in [1.807, 2.05) is 7.05 Å². The summed E-state index contributed by atoms with van der Waals surface area (Å²) in [6.07, 6.45) is 7.28. The second-order valence-corrected chi connectivity index (χ2v) is 10.6. The molecular weight excluding hydrogens is 376 g/mol. The van der Waals surface area contributed by atoms with Crippen LogP contribution < -0.4 is 16.8 Å². The smallest absolute Gasteiger partial charge is 0.214 e. The molecule has 0 aromatic rings. The third-order valence-corrected chi connectivity index (χ3v) is 8.92. The van der Waals surface area contributed by atoms with Crippen LogP contribution in [0.25, 0.3) is 0 Å². The number of hydrogen-bond acceptors (Lipinski definition) is 7. The van der Waals surface area contributed by atoms with Gasteiger partial charge in [-0.15, -0.1) is 0 Å². The zero-order chi connectivity index (χ0) is 19.9. The third kappa shape index (κ3) is 3.49. The first-order chi connectivity index (χ1) is 13.3. The molecule has 0 amide bonds. The van der Waals surface area contributed by atoms with Crippen LogP contribution in [-0.2, 0) is 10.0 Å². The average molecular weight is 409 g/mol. The Morgan fingerprint density at radius 1 is 1.21 bits per heavy atom. The summed E-state index contributed by atoms with van der Waals surface area (Å²) in [5, 5.41) is 3.24. The van der Waals surface area contributed by atoms with Gasteiger partial charge in [-0.25, -0.2) is 13.4 Å².